The normalized spacial score (nSPS) is 18.9. The molecule has 1 saturated carbocycles. The Kier molecular flexibility index (Phi) is 9.57. The Hall–Kier alpha value is -1.82. The number of unbranched alkanes of at least 4 members (excludes halogenated alkanes) is 2. The van der Waals surface area contributed by atoms with Crippen LogP contribution in [0.2, 0.25) is 0 Å². The molecule has 2 aliphatic rings. The van der Waals surface area contributed by atoms with Gasteiger partial charge in [0.25, 0.3) is 0 Å². The van der Waals surface area contributed by atoms with Gasteiger partial charge in [-0.25, -0.2) is 4.98 Å². The zero-order chi connectivity index (χ0) is 20.2. The highest BCUT2D eigenvalue weighted by atomic mass is 16.5. The second-order valence-corrected chi connectivity index (χ2v) is 8.09. The van der Waals surface area contributed by atoms with E-state index in [2.05, 4.69) is 39.2 Å². The molecule has 1 aromatic rings. The summed E-state index contributed by atoms with van der Waals surface area (Å²) in [7, 11) is 0. The highest BCUT2D eigenvalue weighted by molar-refractivity contribution is 5.80. The fraction of sp³-hybridized carbons (Fsp3) is 0.739. The minimum absolute atomic E-state index is 0.534. The van der Waals surface area contributed by atoms with Crippen LogP contribution in [0.15, 0.2) is 29.4 Å². The third kappa shape index (κ3) is 7.50. The number of anilines is 1. The molecule has 0 spiro atoms. The fourth-order valence-corrected chi connectivity index (χ4v) is 4.17. The Morgan fingerprint density at radius 3 is 2.66 bits per heavy atom. The lowest BCUT2D eigenvalue weighted by Crippen LogP contribution is -2.52. The highest BCUT2D eigenvalue weighted by Gasteiger charge is 2.20. The van der Waals surface area contributed by atoms with Crippen molar-refractivity contribution < 1.29 is 4.74 Å². The van der Waals surface area contributed by atoms with Crippen LogP contribution in [0.5, 0.6) is 0 Å². The Morgan fingerprint density at radius 2 is 1.93 bits per heavy atom. The number of aliphatic imine (C=N–C) groups is 1. The van der Waals surface area contributed by atoms with E-state index in [4.69, 9.17) is 9.73 Å². The second-order valence-electron chi connectivity index (χ2n) is 8.09. The van der Waals surface area contributed by atoms with Crippen LogP contribution in [0.3, 0.4) is 0 Å². The summed E-state index contributed by atoms with van der Waals surface area (Å²) in [6, 6.07) is 6.12. The molecule has 1 aromatic heterocycles. The first-order valence-corrected chi connectivity index (χ1v) is 11.7. The fourth-order valence-electron chi connectivity index (χ4n) is 4.17. The predicted octanol–water partition coefficient (Wildman–Crippen LogP) is 3.69. The van der Waals surface area contributed by atoms with Crippen molar-refractivity contribution in [2.24, 2.45) is 4.99 Å². The van der Waals surface area contributed by atoms with Crippen molar-refractivity contribution in [3.8, 4) is 0 Å². The van der Waals surface area contributed by atoms with Crippen molar-refractivity contribution in [2.75, 3.05) is 50.8 Å². The molecule has 3 rings (SSSR count). The first-order chi connectivity index (χ1) is 14.4. The van der Waals surface area contributed by atoms with E-state index in [9.17, 15) is 0 Å². The number of pyridine rings is 1. The number of hydrogen-bond donors (Lipinski definition) is 1. The first kappa shape index (κ1) is 21.9. The molecule has 0 aromatic carbocycles. The number of nitrogens with one attached hydrogen (secondary N) is 1. The number of nitrogens with zero attached hydrogens (tertiary/aromatic N) is 4. The Labute approximate surface area is 176 Å². The zero-order valence-electron chi connectivity index (χ0n) is 18.2. The van der Waals surface area contributed by atoms with Crippen LogP contribution >= 0.6 is 0 Å². The summed E-state index contributed by atoms with van der Waals surface area (Å²) >= 11 is 0. The number of hydrogen-bond acceptors (Lipinski definition) is 4. The van der Waals surface area contributed by atoms with Crippen LogP contribution in [0.4, 0.5) is 5.82 Å². The van der Waals surface area contributed by atoms with Crippen LogP contribution in [-0.4, -0.2) is 67.8 Å². The van der Waals surface area contributed by atoms with Gasteiger partial charge in [0, 0.05) is 52.1 Å². The molecule has 0 atom stereocenters. The van der Waals surface area contributed by atoms with Gasteiger partial charge in [-0.05, 0) is 51.2 Å². The molecule has 1 aliphatic carbocycles. The summed E-state index contributed by atoms with van der Waals surface area (Å²) in [6.45, 7) is 8.81. The zero-order valence-corrected chi connectivity index (χ0v) is 18.2. The molecular formula is C23H39N5O. The van der Waals surface area contributed by atoms with E-state index in [0.29, 0.717) is 6.10 Å². The maximum Gasteiger partial charge on any atom is 0.194 e. The summed E-state index contributed by atoms with van der Waals surface area (Å²) in [5, 5.41) is 3.47. The van der Waals surface area contributed by atoms with Crippen molar-refractivity contribution in [1.82, 2.24) is 15.2 Å². The average molecular weight is 402 g/mol. The van der Waals surface area contributed by atoms with Gasteiger partial charge >= 0.3 is 0 Å². The number of guanidine groups is 1. The molecule has 2 heterocycles. The summed E-state index contributed by atoms with van der Waals surface area (Å²) < 4.78 is 6.02. The molecule has 0 bridgehead atoms. The monoisotopic (exact) mass is 401 g/mol. The van der Waals surface area contributed by atoms with Crippen LogP contribution in [-0.2, 0) is 4.74 Å². The largest absolute Gasteiger partial charge is 0.378 e. The molecular weight excluding hydrogens is 362 g/mol. The third-order valence-corrected chi connectivity index (χ3v) is 5.86. The third-order valence-electron chi connectivity index (χ3n) is 5.86. The quantitative estimate of drug-likeness (QED) is 0.389. The van der Waals surface area contributed by atoms with E-state index in [1.165, 1.54) is 38.5 Å². The molecule has 162 valence electrons. The summed E-state index contributed by atoms with van der Waals surface area (Å²) in [5.74, 6) is 2.14. The first-order valence-electron chi connectivity index (χ1n) is 11.7. The summed E-state index contributed by atoms with van der Waals surface area (Å²) in [5.41, 5.74) is 0. The van der Waals surface area contributed by atoms with E-state index in [1.807, 2.05) is 12.3 Å². The molecule has 29 heavy (non-hydrogen) atoms. The minimum Gasteiger partial charge on any atom is -0.378 e. The number of aromatic nitrogens is 1. The molecule has 0 unspecified atom stereocenters. The highest BCUT2D eigenvalue weighted by Crippen LogP contribution is 2.20. The maximum atomic E-state index is 6.02. The van der Waals surface area contributed by atoms with Gasteiger partial charge in [0.1, 0.15) is 5.82 Å². The molecule has 1 aliphatic heterocycles. The smallest absolute Gasteiger partial charge is 0.194 e. The van der Waals surface area contributed by atoms with Crippen molar-refractivity contribution in [3.05, 3.63) is 24.4 Å². The number of rotatable bonds is 9. The number of piperazine rings is 1. The molecule has 0 amide bonds. The van der Waals surface area contributed by atoms with E-state index in [0.717, 1.165) is 70.5 Å². The second kappa shape index (κ2) is 12.7. The lowest BCUT2D eigenvalue weighted by atomic mass is 9.98. The molecule has 1 saturated heterocycles. The van der Waals surface area contributed by atoms with E-state index >= 15 is 0 Å². The van der Waals surface area contributed by atoms with E-state index in [-0.39, 0.29) is 0 Å². The van der Waals surface area contributed by atoms with Crippen molar-refractivity contribution in [3.63, 3.8) is 0 Å². The molecule has 6 nitrogen and oxygen atoms in total. The molecule has 1 N–H and O–H groups in total. The summed E-state index contributed by atoms with van der Waals surface area (Å²) in [4.78, 5) is 14.1. The Bertz CT molecular complexity index is 580. The maximum absolute atomic E-state index is 6.02. The van der Waals surface area contributed by atoms with E-state index < -0.39 is 0 Å². The van der Waals surface area contributed by atoms with Crippen molar-refractivity contribution in [2.45, 2.75) is 64.4 Å². The SMILES string of the molecule is CCNC(=NCCCCCOC1CCCCC1)N1CCN(c2ccccn2)CC1. The molecule has 6 heteroatoms. The van der Waals surface area contributed by atoms with Crippen LogP contribution < -0.4 is 10.2 Å². The predicted molar refractivity (Wildman–Crippen MR) is 121 cm³/mol. The minimum atomic E-state index is 0.534. The van der Waals surface area contributed by atoms with Gasteiger partial charge in [-0.3, -0.25) is 4.99 Å². The Balaban J connectivity index is 1.33. The van der Waals surface area contributed by atoms with Gasteiger partial charge in [-0.1, -0.05) is 25.3 Å². The van der Waals surface area contributed by atoms with E-state index in [1.54, 1.807) is 0 Å². The van der Waals surface area contributed by atoms with Crippen LogP contribution in [0.25, 0.3) is 0 Å². The van der Waals surface area contributed by atoms with Crippen molar-refractivity contribution >= 4 is 11.8 Å². The van der Waals surface area contributed by atoms with Gasteiger partial charge in [-0.15, -0.1) is 0 Å². The average Bonchev–Trinajstić information content (AvgIpc) is 2.79. The van der Waals surface area contributed by atoms with Gasteiger partial charge in [0.05, 0.1) is 6.10 Å². The van der Waals surface area contributed by atoms with Crippen LogP contribution in [0.1, 0.15) is 58.3 Å². The van der Waals surface area contributed by atoms with Gasteiger partial charge in [0.2, 0.25) is 0 Å². The number of ether oxygens (including phenoxy) is 1. The van der Waals surface area contributed by atoms with Gasteiger partial charge in [0.15, 0.2) is 5.96 Å². The Morgan fingerprint density at radius 1 is 1.10 bits per heavy atom. The standard InChI is InChI=1S/C23H39N5O/c1-2-24-23(26-15-8-4-10-20-29-21-11-5-3-6-12-21)28-18-16-27(17-19-28)22-13-7-9-14-25-22/h7,9,13-14,21H,2-6,8,10-12,15-20H2,1H3,(H,24,26). The van der Waals surface area contributed by atoms with Crippen molar-refractivity contribution in [1.29, 1.82) is 0 Å². The van der Waals surface area contributed by atoms with Gasteiger partial charge in [-0.2, -0.15) is 0 Å². The lowest BCUT2D eigenvalue weighted by molar-refractivity contribution is 0.0264. The van der Waals surface area contributed by atoms with Crippen LogP contribution in [0, 0.1) is 0 Å². The molecule has 0 radical (unpaired) electrons. The summed E-state index contributed by atoms with van der Waals surface area (Å²) in [6.07, 6.45) is 12.5. The van der Waals surface area contributed by atoms with Gasteiger partial charge < -0.3 is 19.9 Å². The lowest BCUT2D eigenvalue weighted by Gasteiger charge is -2.37. The topological polar surface area (TPSA) is 53.0 Å². The molecule has 2 fully saturated rings.